The van der Waals surface area contributed by atoms with E-state index in [0.717, 1.165) is 11.1 Å². The maximum Gasteiger partial charge on any atom is 0.165 e. The predicted octanol–water partition coefficient (Wildman–Crippen LogP) is 2.62. The number of aromatic nitrogens is 2. The number of hydrogen-bond acceptors (Lipinski definition) is 4. The van der Waals surface area contributed by atoms with Crippen molar-refractivity contribution in [2.45, 2.75) is 5.92 Å². The number of carbonyl (C=O) groups is 1. The number of H-pyrrole nitrogens is 1. The van der Waals surface area contributed by atoms with Crippen LogP contribution < -0.4 is 0 Å². The van der Waals surface area contributed by atoms with Gasteiger partial charge >= 0.3 is 0 Å². The molecule has 1 N–H and O–H groups in total. The molecule has 0 saturated heterocycles. The number of benzene rings is 1. The van der Waals surface area contributed by atoms with Crippen LogP contribution in [-0.4, -0.2) is 22.2 Å². The van der Waals surface area contributed by atoms with E-state index in [-0.39, 0.29) is 11.6 Å². The zero-order valence-electron chi connectivity index (χ0n) is 10.2. The standard InChI is InChI=1S/C14H9ClN4O/c15-11-4-2-1-3-8(11)13-9(5-16)12(7-20)18-14-10(13)6-17-19-14/h1-4,6-7,9,13H,(H,17,19). The van der Waals surface area contributed by atoms with Gasteiger partial charge in [-0.05, 0) is 11.6 Å². The fourth-order valence-electron chi connectivity index (χ4n) is 2.47. The minimum atomic E-state index is -0.669. The van der Waals surface area contributed by atoms with Gasteiger partial charge in [0.25, 0.3) is 0 Å². The average Bonchev–Trinajstić information content (AvgIpc) is 2.94. The van der Waals surface area contributed by atoms with Gasteiger partial charge in [-0.3, -0.25) is 9.89 Å². The SMILES string of the molecule is N#CC1C(C=O)=Nc2[nH]ncc2C1c1ccccc1Cl. The summed E-state index contributed by atoms with van der Waals surface area (Å²) in [7, 11) is 0. The van der Waals surface area contributed by atoms with Crippen LogP contribution in [0.5, 0.6) is 0 Å². The fourth-order valence-corrected chi connectivity index (χ4v) is 2.72. The zero-order chi connectivity index (χ0) is 14.1. The van der Waals surface area contributed by atoms with E-state index in [0.29, 0.717) is 17.1 Å². The highest BCUT2D eigenvalue weighted by atomic mass is 35.5. The molecule has 20 heavy (non-hydrogen) atoms. The average molecular weight is 285 g/mol. The van der Waals surface area contributed by atoms with Gasteiger partial charge in [0.1, 0.15) is 11.6 Å². The second-order valence-corrected chi connectivity index (χ2v) is 4.84. The summed E-state index contributed by atoms with van der Waals surface area (Å²) in [5, 5.41) is 16.7. The van der Waals surface area contributed by atoms with Crippen LogP contribution in [0, 0.1) is 17.2 Å². The lowest BCUT2D eigenvalue weighted by atomic mass is 9.78. The van der Waals surface area contributed by atoms with Crippen molar-refractivity contribution in [1.29, 1.82) is 5.26 Å². The Morgan fingerprint density at radius 3 is 2.85 bits per heavy atom. The van der Waals surface area contributed by atoms with Gasteiger partial charge in [-0.15, -0.1) is 0 Å². The van der Waals surface area contributed by atoms with Crippen molar-refractivity contribution in [1.82, 2.24) is 10.2 Å². The lowest BCUT2D eigenvalue weighted by Gasteiger charge is -2.25. The molecule has 2 atom stereocenters. The smallest absolute Gasteiger partial charge is 0.165 e. The molecule has 0 fully saturated rings. The van der Waals surface area contributed by atoms with E-state index in [9.17, 15) is 10.1 Å². The van der Waals surface area contributed by atoms with Crippen molar-refractivity contribution in [2.24, 2.45) is 10.9 Å². The van der Waals surface area contributed by atoms with Crippen LogP contribution in [0.3, 0.4) is 0 Å². The van der Waals surface area contributed by atoms with Gasteiger partial charge in [0, 0.05) is 16.5 Å². The first kappa shape index (κ1) is 12.6. The molecule has 5 nitrogen and oxygen atoms in total. The number of hydrogen-bond donors (Lipinski definition) is 1. The van der Waals surface area contributed by atoms with Gasteiger partial charge in [0.2, 0.25) is 0 Å². The van der Waals surface area contributed by atoms with Crippen molar-refractivity contribution in [2.75, 3.05) is 0 Å². The quantitative estimate of drug-likeness (QED) is 0.861. The van der Waals surface area contributed by atoms with Gasteiger partial charge < -0.3 is 0 Å². The maximum absolute atomic E-state index is 11.2. The number of carbonyl (C=O) groups excluding carboxylic acids is 1. The molecule has 0 bridgehead atoms. The van der Waals surface area contributed by atoms with Crippen molar-refractivity contribution >= 4 is 29.4 Å². The third-order valence-corrected chi connectivity index (χ3v) is 3.72. The Morgan fingerprint density at radius 2 is 2.15 bits per heavy atom. The van der Waals surface area contributed by atoms with Crippen LogP contribution in [0.4, 0.5) is 5.82 Å². The third-order valence-electron chi connectivity index (χ3n) is 3.38. The van der Waals surface area contributed by atoms with E-state index in [4.69, 9.17) is 11.6 Å². The number of fused-ring (bicyclic) bond motifs is 1. The highest BCUT2D eigenvalue weighted by Crippen LogP contribution is 2.42. The van der Waals surface area contributed by atoms with Gasteiger partial charge in [-0.1, -0.05) is 29.8 Å². The Balaban J connectivity index is 2.23. The minimum Gasteiger partial charge on any atom is -0.296 e. The van der Waals surface area contributed by atoms with Crippen molar-refractivity contribution < 1.29 is 4.79 Å². The first-order chi connectivity index (χ1) is 9.76. The van der Waals surface area contributed by atoms with E-state index in [2.05, 4.69) is 21.3 Å². The summed E-state index contributed by atoms with van der Waals surface area (Å²) in [6.45, 7) is 0. The molecule has 1 aromatic carbocycles. The summed E-state index contributed by atoms with van der Waals surface area (Å²) in [5.74, 6) is -0.513. The molecule has 2 unspecified atom stereocenters. The number of aromatic amines is 1. The van der Waals surface area contributed by atoms with E-state index < -0.39 is 5.92 Å². The van der Waals surface area contributed by atoms with Gasteiger partial charge in [-0.2, -0.15) is 10.4 Å². The molecule has 1 aliphatic rings. The van der Waals surface area contributed by atoms with Crippen LogP contribution in [0.15, 0.2) is 35.5 Å². The van der Waals surface area contributed by atoms with Gasteiger partial charge in [0.15, 0.2) is 12.1 Å². The monoisotopic (exact) mass is 284 g/mol. The number of nitrogens with one attached hydrogen (secondary N) is 1. The molecule has 1 aromatic heterocycles. The molecule has 0 amide bonds. The third kappa shape index (κ3) is 1.82. The fraction of sp³-hybridized carbons (Fsp3) is 0.143. The zero-order valence-corrected chi connectivity index (χ0v) is 11.0. The highest BCUT2D eigenvalue weighted by Gasteiger charge is 2.36. The molecule has 0 radical (unpaired) electrons. The normalized spacial score (nSPS) is 20.7. The van der Waals surface area contributed by atoms with E-state index in [1.165, 1.54) is 0 Å². The first-order valence-corrected chi connectivity index (χ1v) is 6.35. The number of rotatable bonds is 2. The maximum atomic E-state index is 11.2. The van der Waals surface area contributed by atoms with E-state index in [1.54, 1.807) is 12.3 Å². The van der Waals surface area contributed by atoms with Crippen LogP contribution in [0.2, 0.25) is 5.02 Å². The molecule has 98 valence electrons. The van der Waals surface area contributed by atoms with Crippen LogP contribution in [-0.2, 0) is 4.79 Å². The molecule has 0 saturated carbocycles. The number of aldehydes is 1. The molecule has 0 spiro atoms. The topological polar surface area (TPSA) is 81.9 Å². The number of nitrogens with zero attached hydrogens (tertiary/aromatic N) is 3. The number of nitriles is 1. The Hall–Kier alpha value is -2.45. The lowest BCUT2D eigenvalue weighted by Crippen LogP contribution is -2.26. The molecule has 2 heterocycles. The van der Waals surface area contributed by atoms with Crippen LogP contribution in [0.25, 0.3) is 0 Å². The second-order valence-electron chi connectivity index (χ2n) is 4.43. The predicted molar refractivity (Wildman–Crippen MR) is 74.1 cm³/mol. The Morgan fingerprint density at radius 1 is 1.35 bits per heavy atom. The molecule has 0 aliphatic carbocycles. The number of aliphatic imine (C=N–C) groups is 1. The highest BCUT2D eigenvalue weighted by molar-refractivity contribution is 6.33. The van der Waals surface area contributed by atoms with E-state index in [1.807, 2.05) is 18.2 Å². The Labute approximate surface area is 119 Å². The van der Waals surface area contributed by atoms with E-state index >= 15 is 0 Å². The lowest BCUT2D eigenvalue weighted by molar-refractivity contribution is -0.102. The van der Waals surface area contributed by atoms with Crippen molar-refractivity contribution in [3.05, 3.63) is 46.6 Å². The number of halogens is 1. The summed E-state index contributed by atoms with van der Waals surface area (Å²) in [5.41, 5.74) is 1.75. The molecular weight excluding hydrogens is 276 g/mol. The van der Waals surface area contributed by atoms with Crippen molar-refractivity contribution in [3.63, 3.8) is 0 Å². The Kier molecular flexibility index (Phi) is 3.09. The second kappa shape index (κ2) is 4.91. The minimum absolute atomic E-state index is 0.189. The molecule has 1 aliphatic heterocycles. The Bertz CT molecular complexity index is 744. The molecule has 2 aromatic rings. The first-order valence-electron chi connectivity index (χ1n) is 5.97. The van der Waals surface area contributed by atoms with Crippen molar-refractivity contribution in [3.8, 4) is 6.07 Å². The van der Waals surface area contributed by atoms with Gasteiger partial charge in [-0.25, -0.2) is 4.99 Å². The summed E-state index contributed by atoms with van der Waals surface area (Å²) in [6, 6.07) is 9.43. The summed E-state index contributed by atoms with van der Waals surface area (Å²) in [6.07, 6.45) is 2.24. The summed E-state index contributed by atoms with van der Waals surface area (Å²) < 4.78 is 0. The molecule has 6 heteroatoms. The van der Waals surface area contributed by atoms with Gasteiger partial charge in [0.05, 0.1) is 12.3 Å². The largest absolute Gasteiger partial charge is 0.296 e. The summed E-state index contributed by atoms with van der Waals surface area (Å²) in [4.78, 5) is 15.3. The summed E-state index contributed by atoms with van der Waals surface area (Å²) >= 11 is 6.24. The van der Waals surface area contributed by atoms with Crippen LogP contribution in [0.1, 0.15) is 17.0 Å². The van der Waals surface area contributed by atoms with Crippen LogP contribution >= 0.6 is 11.6 Å². The molecule has 3 rings (SSSR count). The molecular formula is C14H9ClN4O.